The normalized spacial score (nSPS) is 12.7. The smallest absolute Gasteiger partial charge is 0.178 e. The van der Waals surface area contributed by atoms with E-state index in [0.717, 1.165) is 16.9 Å². The molecular formula is C14H24N2O3. The lowest BCUT2D eigenvalue weighted by molar-refractivity contribution is -0.155. The fourth-order valence-corrected chi connectivity index (χ4v) is 1.98. The lowest BCUT2D eigenvalue weighted by Crippen LogP contribution is -2.39. The van der Waals surface area contributed by atoms with Crippen LogP contribution in [-0.2, 0) is 9.47 Å². The quantitative estimate of drug-likeness (QED) is 0.428. The Morgan fingerprint density at radius 2 is 1.84 bits per heavy atom. The van der Waals surface area contributed by atoms with Crippen LogP contribution in [0.3, 0.4) is 0 Å². The second-order valence-corrected chi connectivity index (χ2v) is 4.17. The van der Waals surface area contributed by atoms with E-state index in [1.165, 1.54) is 0 Å². The molecule has 0 saturated heterocycles. The molecule has 0 aromatic heterocycles. The molecule has 0 spiro atoms. The van der Waals surface area contributed by atoms with E-state index >= 15 is 0 Å². The number of ether oxygens (including phenoxy) is 3. The second-order valence-electron chi connectivity index (χ2n) is 4.17. The first kappa shape index (κ1) is 15.9. The molecule has 0 radical (unpaired) electrons. The van der Waals surface area contributed by atoms with Gasteiger partial charge in [0.1, 0.15) is 11.8 Å². The molecule has 5 nitrogen and oxygen atoms in total. The van der Waals surface area contributed by atoms with Crippen LogP contribution in [-0.4, -0.2) is 26.6 Å². The number of hydrogen-bond acceptors (Lipinski definition) is 5. The van der Waals surface area contributed by atoms with E-state index in [1.54, 1.807) is 7.11 Å². The average Bonchev–Trinajstić information content (AvgIpc) is 2.40. The van der Waals surface area contributed by atoms with Crippen LogP contribution in [0.5, 0.6) is 5.75 Å². The molecule has 0 fully saturated rings. The Labute approximate surface area is 115 Å². The van der Waals surface area contributed by atoms with Gasteiger partial charge in [-0.15, -0.1) is 0 Å². The first-order valence-electron chi connectivity index (χ1n) is 6.51. The summed E-state index contributed by atoms with van der Waals surface area (Å²) in [6.45, 7) is 6.97. The second kappa shape index (κ2) is 8.12. The lowest BCUT2D eigenvalue weighted by atomic mass is 10.0. The minimum Gasteiger partial charge on any atom is -0.496 e. The van der Waals surface area contributed by atoms with E-state index in [0.29, 0.717) is 13.2 Å². The van der Waals surface area contributed by atoms with Gasteiger partial charge in [0.05, 0.1) is 7.11 Å². The zero-order chi connectivity index (χ0) is 14.3. The van der Waals surface area contributed by atoms with Crippen LogP contribution in [0.2, 0.25) is 0 Å². The first-order chi connectivity index (χ1) is 9.17. The predicted octanol–water partition coefficient (Wildman–Crippen LogP) is 1.91. The van der Waals surface area contributed by atoms with E-state index in [9.17, 15) is 0 Å². The van der Waals surface area contributed by atoms with E-state index in [-0.39, 0.29) is 6.04 Å². The minimum atomic E-state index is -0.448. The summed E-state index contributed by atoms with van der Waals surface area (Å²) in [5, 5.41) is 0. The van der Waals surface area contributed by atoms with Crippen LogP contribution < -0.4 is 16.0 Å². The Kier molecular flexibility index (Phi) is 6.80. The van der Waals surface area contributed by atoms with Crippen LogP contribution >= 0.6 is 0 Å². The van der Waals surface area contributed by atoms with E-state index < -0.39 is 6.29 Å². The molecule has 108 valence electrons. The molecule has 0 bridgehead atoms. The molecule has 0 aliphatic heterocycles. The third-order valence-electron chi connectivity index (χ3n) is 2.83. The Balaban J connectivity index is 3.08. The van der Waals surface area contributed by atoms with Gasteiger partial charge in [-0.25, -0.2) is 5.43 Å². The average molecular weight is 268 g/mol. The topological polar surface area (TPSA) is 65.7 Å². The Morgan fingerprint density at radius 3 is 2.32 bits per heavy atom. The van der Waals surface area contributed by atoms with Gasteiger partial charge in [0.2, 0.25) is 0 Å². The monoisotopic (exact) mass is 268 g/mol. The number of nitrogens with two attached hydrogens (primary N) is 1. The van der Waals surface area contributed by atoms with Crippen molar-refractivity contribution in [1.82, 2.24) is 5.43 Å². The third-order valence-corrected chi connectivity index (χ3v) is 2.83. The summed E-state index contributed by atoms with van der Waals surface area (Å²) in [5.74, 6) is 6.44. The summed E-state index contributed by atoms with van der Waals surface area (Å²) in [6.07, 6.45) is -0.448. The Morgan fingerprint density at radius 1 is 1.21 bits per heavy atom. The van der Waals surface area contributed by atoms with Crippen LogP contribution in [0.15, 0.2) is 18.2 Å². The summed E-state index contributed by atoms with van der Waals surface area (Å²) >= 11 is 0. The number of rotatable bonds is 8. The summed E-state index contributed by atoms with van der Waals surface area (Å²) in [7, 11) is 1.64. The van der Waals surface area contributed by atoms with Crippen LogP contribution in [0.1, 0.15) is 31.0 Å². The number of aryl methyl sites for hydroxylation is 1. The standard InChI is InChI=1S/C14H24N2O3/c1-5-18-14(19-6-2)13(16-15)11-9-10(3)7-8-12(11)17-4/h7-9,13-14,16H,5-6,15H2,1-4H3. The summed E-state index contributed by atoms with van der Waals surface area (Å²) in [5.41, 5.74) is 4.82. The van der Waals surface area contributed by atoms with Gasteiger partial charge in [0.15, 0.2) is 6.29 Å². The van der Waals surface area contributed by atoms with Crippen molar-refractivity contribution >= 4 is 0 Å². The molecule has 0 saturated carbocycles. The van der Waals surface area contributed by atoms with Crippen molar-refractivity contribution in [2.75, 3.05) is 20.3 Å². The largest absolute Gasteiger partial charge is 0.496 e. The van der Waals surface area contributed by atoms with Crippen molar-refractivity contribution in [3.8, 4) is 5.75 Å². The number of benzene rings is 1. The van der Waals surface area contributed by atoms with E-state index in [1.807, 2.05) is 39.0 Å². The van der Waals surface area contributed by atoms with Crippen molar-refractivity contribution in [1.29, 1.82) is 0 Å². The zero-order valence-corrected chi connectivity index (χ0v) is 12.1. The SMILES string of the molecule is CCOC(OCC)C(NN)c1cc(C)ccc1OC. The molecule has 0 aliphatic carbocycles. The summed E-state index contributed by atoms with van der Waals surface area (Å²) in [6, 6.07) is 5.65. The van der Waals surface area contributed by atoms with Crippen LogP contribution in [0, 0.1) is 6.92 Å². The molecule has 1 unspecified atom stereocenters. The summed E-state index contributed by atoms with van der Waals surface area (Å²) < 4.78 is 16.6. The number of hydrogen-bond donors (Lipinski definition) is 2. The highest BCUT2D eigenvalue weighted by Gasteiger charge is 2.26. The molecule has 0 aliphatic rings. The fourth-order valence-electron chi connectivity index (χ4n) is 1.98. The van der Waals surface area contributed by atoms with Gasteiger partial charge >= 0.3 is 0 Å². The number of nitrogens with one attached hydrogen (secondary N) is 1. The highest BCUT2D eigenvalue weighted by molar-refractivity contribution is 5.39. The minimum absolute atomic E-state index is 0.283. The van der Waals surface area contributed by atoms with E-state index in [2.05, 4.69) is 5.43 Å². The zero-order valence-electron chi connectivity index (χ0n) is 12.1. The van der Waals surface area contributed by atoms with Crippen LogP contribution in [0.4, 0.5) is 0 Å². The molecule has 1 aromatic carbocycles. The van der Waals surface area contributed by atoms with Crippen molar-refractivity contribution in [2.45, 2.75) is 33.1 Å². The van der Waals surface area contributed by atoms with E-state index in [4.69, 9.17) is 20.1 Å². The fraction of sp³-hybridized carbons (Fsp3) is 0.571. The Bertz CT molecular complexity index is 379. The molecule has 1 rings (SSSR count). The maximum Gasteiger partial charge on any atom is 0.178 e. The molecule has 3 N–H and O–H groups in total. The van der Waals surface area contributed by atoms with Crippen molar-refractivity contribution in [3.05, 3.63) is 29.3 Å². The number of hydrazine groups is 1. The van der Waals surface area contributed by atoms with Gasteiger partial charge in [0, 0.05) is 18.8 Å². The van der Waals surface area contributed by atoms with Gasteiger partial charge in [-0.2, -0.15) is 0 Å². The van der Waals surface area contributed by atoms with Gasteiger partial charge < -0.3 is 14.2 Å². The maximum atomic E-state index is 5.67. The third kappa shape index (κ3) is 4.18. The molecule has 1 aromatic rings. The number of methoxy groups -OCH3 is 1. The molecule has 5 heteroatoms. The lowest BCUT2D eigenvalue weighted by Gasteiger charge is -2.27. The highest BCUT2D eigenvalue weighted by atomic mass is 16.7. The van der Waals surface area contributed by atoms with Gasteiger partial charge in [-0.05, 0) is 26.8 Å². The van der Waals surface area contributed by atoms with Gasteiger partial charge in [-0.3, -0.25) is 5.84 Å². The predicted molar refractivity (Wildman–Crippen MR) is 74.8 cm³/mol. The molecule has 0 amide bonds. The van der Waals surface area contributed by atoms with Gasteiger partial charge in [-0.1, -0.05) is 17.7 Å². The molecule has 0 heterocycles. The van der Waals surface area contributed by atoms with Crippen molar-refractivity contribution in [3.63, 3.8) is 0 Å². The molecule has 1 atom stereocenters. The molecular weight excluding hydrogens is 244 g/mol. The van der Waals surface area contributed by atoms with Crippen LogP contribution in [0.25, 0.3) is 0 Å². The van der Waals surface area contributed by atoms with Crippen molar-refractivity contribution < 1.29 is 14.2 Å². The molecule has 19 heavy (non-hydrogen) atoms. The van der Waals surface area contributed by atoms with Gasteiger partial charge in [0.25, 0.3) is 0 Å². The first-order valence-corrected chi connectivity index (χ1v) is 6.51. The maximum absolute atomic E-state index is 5.67. The summed E-state index contributed by atoms with van der Waals surface area (Å²) in [4.78, 5) is 0. The highest BCUT2D eigenvalue weighted by Crippen LogP contribution is 2.29. The Hall–Kier alpha value is -1.14. The van der Waals surface area contributed by atoms with Crippen molar-refractivity contribution in [2.24, 2.45) is 5.84 Å².